The lowest BCUT2D eigenvalue weighted by atomic mass is 9.92. The third kappa shape index (κ3) is 11.6. The van der Waals surface area contributed by atoms with Gasteiger partial charge in [0.1, 0.15) is 18.2 Å². The number of halogens is 2. The number of alkyl halides is 2. The molecular weight excluding hydrogens is 849 g/mol. The van der Waals surface area contributed by atoms with Crippen LogP contribution in [0.5, 0.6) is 0 Å². The Morgan fingerprint density at radius 2 is 1.71 bits per heavy atom. The lowest BCUT2D eigenvalue weighted by Crippen LogP contribution is -2.47. The number of fused-ring (bicyclic) bond motifs is 2. The van der Waals surface area contributed by atoms with Crippen molar-refractivity contribution in [2.75, 3.05) is 58.4 Å². The van der Waals surface area contributed by atoms with Crippen molar-refractivity contribution in [3.8, 4) is 11.1 Å². The number of nitrogens with one attached hydrogen (secondary N) is 3. The van der Waals surface area contributed by atoms with Gasteiger partial charge in [-0.25, -0.2) is 8.78 Å². The van der Waals surface area contributed by atoms with Crippen molar-refractivity contribution in [3.63, 3.8) is 0 Å². The van der Waals surface area contributed by atoms with E-state index in [-0.39, 0.29) is 53.9 Å². The second kappa shape index (κ2) is 23.6. The molecule has 356 valence electrons. The van der Waals surface area contributed by atoms with E-state index in [0.717, 1.165) is 79.4 Å². The van der Waals surface area contributed by atoms with Gasteiger partial charge in [-0.15, -0.1) is 0 Å². The van der Waals surface area contributed by atoms with Crippen LogP contribution in [0.3, 0.4) is 0 Å². The maximum Gasteiger partial charge on any atom is 0.264 e. The normalized spacial score (nSPS) is 16.8. The van der Waals surface area contributed by atoms with Crippen LogP contribution in [-0.4, -0.2) is 127 Å². The summed E-state index contributed by atoms with van der Waals surface area (Å²) in [4.78, 5) is 68.1. The van der Waals surface area contributed by atoms with Gasteiger partial charge in [-0.1, -0.05) is 20.3 Å². The van der Waals surface area contributed by atoms with Crippen molar-refractivity contribution in [2.45, 2.75) is 116 Å². The smallest absolute Gasteiger partial charge is 0.264 e. The number of aromatic nitrogens is 2. The average Bonchev–Trinajstić information content (AvgIpc) is 4.00. The molecule has 4 aliphatic rings. The van der Waals surface area contributed by atoms with Gasteiger partial charge < -0.3 is 34.9 Å². The number of carbonyl (C=O) groups is 5. The summed E-state index contributed by atoms with van der Waals surface area (Å²) in [6, 6.07) is 6.25. The Bertz CT molecular complexity index is 2260. The van der Waals surface area contributed by atoms with Gasteiger partial charge in [0.2, 0.25) is 12.3 Å². The molecule has 1 atom stereocenters. The van der Waals surface area contributed by atoms with Crippen LogP contribution in [0, 0.1) is 5.41 Å². The van der Waals surface area contributed by atoms with Gasteiger partial charge in [-0.05, 0) is 98.0 Å². The van der Waals surface area contributed by atoms with E-state index in [0.29, 0.717) is 88.2 Å². The van der Waals surface area contributed by atoms with Gasteiger partial charge >= 0.3 is 0 Å². The molecule has 3 N–H and O–H groups in total. The zero-order valence-corrected chi connectivity index (χ0v) is 38.8. The molecule has 5 heterocycles. The SMILES string of the molecule is CC.CNC(=O)C(CCC=O)N(C)C(=O)c1cc2c(cc1C=O)CN(CCCCCn1cc(-c3cc4c(cc3C(F)F)N(C(=N)C3=C(NC5CCOCC5)CCN(C=O)C3)CCC4)cn1)C2. The van der Waals surface area contributed by atoms with Gasteiger partial charge in [-0.3, -0.25) is 34.2 Å². The standard InChI is InChI=1S/C47H59F2N9O6.C2H6/c1-51-46(62)42(9-7-17-59)54(2)47(63)38-22-33-26-55(25-32(33)20-34(38)29-60)13-4-3-5-14-57-27-35(24-52-57)37-21-31-8-6-15-58(43(31)23-39(37)44(48)49)45(50)40-28-56(30-61)16-10-41(40)53-36-11-18-64-19-12-36;1-2/h17,20-24,27,29-30,36,42,44,50,53H,3-16,18-19,25-26,28H2,1-2H3,(H,51,62);1-2H3. The molecule has 0 aliphatic carbocycles. The van der Waals surface area contributed by atoms with E-state index in [9.17, 15) is 38.2 Å². The zero-order valence-electron chi connectivity index (χ0n) is 38.8. The number of amides is 3. The maximum absolute atomic E-state index is 14.9. The number of ether oxygens (including phenoxy) is 1. The topological polar surface area (TPSA) is 173 Å². The minimum absolute atomic E-state index is 0.108. The van der Waals surface area contributed by atoms with Crippen LogP contribution < -0.4 is 15.5 Å². The first-order valence-electron chi connectivity index (χ1n) is 23.4. The number of unbranched alkanes of at least 4 members (excludes halogenated alkanes) is 2. The first kappa shape index (κ1) is 49.6. The van der Waals surface area contributed by atoms with Gasteiger partial charge in [0.05, 0.1) is 18.3 Å². The molecule has 15 nitrogen and oxygen atoms in total. The Hall–Kier alpha value is -5.81. The van der Waals surface area contributed by atoms with Gasteiger partial charge in [0, 0.05) is 119 Å². The zero-order chi connectivity index (χ0) is 47.3. The Labute approximate surface area is 386 Å². The molecule has 1 fully saturated rings. The van der Waals surface area contributed by atoms with E-state index in [4.69, 9.17) is 4.74 Å². The van der Waals surface area contributed by atoms with Crippen LogP contribution in [0.1, 0.15) is 121 Å². The van der Waals surface area contributed by atoms with E-state index >= 15 is 0 Å². The molecule has 0 saturated carbocycles. The lowest BCUT2D eigenvalue weighted by Gasteiger charge is -2.37. The highest BCUT2D eigenvalue weighted by Crippen LogP contribution is 2.40. The number of hydrogen-bond donors (Lipinski definition) is 3. The molecule has 1 saturated heterocycles. The summed E-state index contributed by atoms with van der Waals surface area (Å²) in [6.45, 7) is 9.35. The van der Waals surface area contributed by atoms with E-state index < -0.39 is 18.4 Å². The molecule has 4 aliphatic heterocycles. The second-order valence-corrected chi connectivity index (χ2v) is 17.2. The first-order chi connectivity index (χ1) is 32.0. The third-order valence-corrected chi connectivity index (χ3v) is 13.0. The molecule has 7 rings (SSSR count). The quantitative estimate of drug-likeness (QED) is 0.0537. The summed E-state index contributed by atoms with van der Waals surface area (Å²) in [6.07, 6.45) is 9.54. The number of nitrogens with zero attached hydrogens (tertiary/aromatic N) is 6. The van der Waals surface area contributed by atoms with Crippen LogP contribution in [0.2, 0.25) is 0 Å². The molecule has 3 amide bonds. The number of likely N-dealkylation sites (N-methyl/N-ethyl adjacent to an activating group) is 2. The Morgan fingerprint density at radius 1 is 0.970 bits per heavy atom. The maximum atomic E-state index is 14.9. The number of aryl methyl sites for hydroxylation is 2. The molecule has 0 radical (unpaired) electrons. The van der Waals surface area contributed by atoms with Crippen LogP contribution in [-0.2, 0) is 45.2 Å². The number of rotatable bonds is 19. The molecule has 0 bridgehead atoms. The third-order valence-electron chi connectivity index (χ3n) is 13.0. The molecule has 66 heavy (non-hydrogen) atoms. The van der Waals surface area contributed by atoms with E-state index in [2.05, 4.69) is 20.6 Å². The number of carbonyl (C=O) groups excluding carboxylic acids is 5. The monoisotopic (exact) mass is 914 g/mol. The van der Waals surface area contributed by atoms with Crippen molar-refractivity contribution in [1.29, 1.82) is 5.41 Å². The van der Waals surface area contributed by atoms with Crippen molar-refractivity contribution in [3.05, 3.63) is 81.3 Å². The summed E-state index contributed by atoms with van der Waals surface area (Å²) in [5.41, 5.74) is 6.51. The van der Waals surface area contributed by atoms with Crippen LogP contribution in [0.15, 0.2) is 47.9 Å². The predicted molar refractivity (Wildman–Crippen MR) is 249 cm³/mol. The summed E-state index contributed by atoms with van der Waals surface area (Å²) in [5, 5.41) is 20.1. The second-order valence-electron chi connectivity index (χ2n) is 17.2. The molecule has 17 heteroatoms. The van der Waals surface area contributed by atoms with Crippen molar-refractivity contribution >= 4 is 42.3 Å². The van der Waals surface area contributed by atoms with Crippen LogP contribution >= 0.6 is 0 Å². The fourth-order valence-corrected chi connectivity index (χ4v) is 9.43. The van der Waals surface area contributed by atoms with Crippen molar-refractivity contribution in [2.24, 2.45) is 0 Å². The number of hydrogen-bond acceptors (Lipinski definition) is 10. The summed E-state index contributed by atoms with van der Waals surface area (Å²) in [7, 11) is 2.98. The minimum Gasteiger partial charge on any atom is -0.385 e. The highest BCUT2D eigenvalue weighted by atomic mass is 19.3. The molecule has 1 aromatic heterocycles. The Kier molecular flexibility index (Phi) is 17.7. The highest BCUT2D eigenvalue weighted by molar-refractivity contribution is 6.09. The first-order valence-corrected chi connectivity index (χ1v) is 23.4. The number of benzene rings is 2. The van der Waals surface area contributed by atoms with Crippen molar-refractivity contribution in [1.82, 2.24) is 35.1 Å². The average molecular weight is 914 g/mol. The fraction of sp³-hybridized carbons (Fsp3) is 0.531. The van der Waals surface area contributed by atoms with E-state index in [1.807, 2.05) is 31.0 Å². The van der Waals surface area contributed by atoms with Crippen LogP contribution in [0.4, 0.5) is 14.5 Å². The molecular formula is C49H65F2N9O6. The number of anilines is 1. The molecule has 0 spiro atoms. The van der Waals surface area contributed by atoms with Gasteiger partial charge in [0.15, 0.2) is 6.29 Å². The number of aldehydes is 2. The highest BCUT2D eigenvalue weighted by Gasteiger charge is 2.32. The summed E-state index contributed by atoms with van der Waals surface area (Å²) >= 11 is 0. The van der Waals surface area contributed by atoms with E-state index in [1.165, 1.54) is 19.0 Å². The summed E-state index contributed by atoms with van der Waals surface area (Å²) < 4.78 is 37.1. The fourth-order valence-electron chi connectivity index (χ4n) is 9.43. The lowest BCUT2D eigenvalue weighted by molar-refractivity contribution is -0.125. The van der Waals surface area contributed by atoms with Crippen LogP contribution in [0.25, 0.3) is 11.1 Å². The van der Waals surface area contributed by atoms with E-state index in [1.54, 1.807) is 34.0 Å². The summed E-state index contributed by atoms with van der Waals surface area (Å²) in [5.74, 6) is -0.612. The minimum atomic E-state index is -2.75. The van der Waals surface area contributed by atoms with Crippen molar-refractivity contribution < 1.29 is 37.5 Å². The predicted octanol–water partition coefficient (Wildman–Crippen LogP) is 6.29. The number of amidine groups is 1. The van der Waals surface area contributed by atoms with Gasteiger partial charge in [0.25, 0.3) is 12.3 Å². The molecule has 3 aromatic rings. The Balaban J connectivity index is 0.00000355. The Morgan fingerprint density at radius 3 is 2.41 bits per heavy atom. The largest absolute Gasteiger partial charge is 0.385 e. The molecule has 2 aromatic carbocycles. The van der Waals surface area contributed by atoms with Gasteiger partial charge in [-0.2, -0.15) is 5.10 Å². The molecule has 1 unspecified atom stereocenters.